The van der Waals surface area contributed by atoms with E-state index in [1.165, 1.54) is 24.3 Å². The lowest BCUT2D eigenvalue weighted by molar-refractivity contribution is -0.121. The fraction of sp³-hybridized carbons (Fsp3) is 0.556. The molecule has 2 saturated heterocycles. The first-order chi connectivity index (χ1) is 12.9. The summed E-state index contributed by atoms with van der Waals surface area (Å²) in [6.45, 7) is 5.35. The molecule has 8 nitrogen and oxygen atoms in total. The van der Waals surface area contributed by atoms with Crippen LogP contribution in [0.25, 0.3) is 0 Å². The summed E-state index contributed by atoms with van der Waals surface area (Å²) < 4.78 is 27.4. The lowest BCUT2D eigenvalue weighted by atomic mass is 10.3. The zero-order valence-electron chi connectivity index (χ0n) is 15.6. The topological polar surface area (TPSA) is 90.0 Å². The molecule has 0 atom stereocenters. The van der Waals surface area contributed by atoms with E-state index >= 15 is 0 Å². The maximum atomic E-state index is 12.4. The fourth-order valence-electron chi connectivity index (χ4n) is 3.30. The summed E-state index contributed by atoms with van der Waals surface area (Å²) in [5, 5.41) is 0. The van der Waals surface area contributed by atoms with Crippen molar-refractivity contribution in [2.45, 2.75) is 24.2 Å². The van der Waals surface area contributed by atoms with Gasteiger partial charge in [-0.3, -0.25) is 14.5 Å². The third-order valence-corrected chi connectivity index (χ3v) is 6.47. The molecule has 0 unspecified atom stereocenters. The summed E-state index contributed by atoms with van der Waals surface area (Å²) >= 11 is 0. The monoisotopic (exact) mass is 394 g/mol. The van der Waals surface area contributed by atoms with Crippen LogP contribution in [0.5, 0.6) is 0 Å². The summed E-state index contributed by atoms with van der Waals surface area (Å²) in [6, 6.07) is 5.86. The van der Waals surface area contributed by atoms with Gasteiger partial charge < -0.3 is 9.80 Å². The number of sulfonamides is 1. The minimum absolute atomic E-state index is 0.130. The highest BCUT2D eigenvalue weighted by Gasteiger charge is 2.30. The average molecular weight is 394 g/mol. The largest absolute Gasteiger partial charge is 0.304 e. The second-order valence-corrected chi connectivity index (χ2v) is 8.78. The van der Waals surface area contributed by atoms with Gasteiger partial charge >= 0.3 is 0 Å². The van der Waals surface area contributed by atoms with Crippen molar-refractivity contribution < 1.29 is 18.0 Å². The highest BCUT2D eigenvalue weighted by Crippen LogP contribution is 2.23. The van der Waals surface area contributed by atoms with Gasteiger partial charge in [0.15, 0.2) is 0 Å². The first-order valence-electron chi connectivity index (χ1n) is 9.23. The van der Waals surface area contributed by atoms with Crippen LogP contribution in [0.4, 0.5) is 5.69 Å². The third-order valence-electron chi connectivity index (χ3n) is 5.00. The minimum Gasteiger partial charge on any atom is -0.304 e. The van der Waals surface area contributed by atoms with Crippen LogP contribution < -0.4 is 9.62 Å². The molecule has 2 aliphatic heterocycles. The molecule has 3 rings (SSSR count). The Morgan fingerprint density at radius 3 is 2.15 bits per heavy atom. The predicted molar refractivity (Wildman–Crippen MR) is 102 cm³/mol. The van der Waals surface area contributed by atoms with Crippen molar-refractivity contribution in [1.82, 2.24) is 14.5 Å². The molecule has 2 aliphatic rings. The van der Waals surface area contributed by atoms with E-state index in [4.69, 9.17) is 0 Å². The van der Waals surface area contributed by atoms with Crippen molar-refractivity contribution in [3.05, 3.63) is 24.3 Å². The van der Waals surface area contributed by atoms with Crippen LogP contribution in [-0.4, -0.2) is 76.3 Å². The summed E-state index contributed by atoms with van der Waals surface area (Å²) in [5.41, 5.74) is 0.413. The molecule has 1 aromatic carbocycles. The SMILES string of the molecule is CN1CCN(CCCNS(=O)(=O)c2ccc(N3C(=O)CCC3=O)cc2)CC1. The van der Waals surface area contributed by atoms with Crippen LogP contribution in [0, 0.1) is 0 Å². The smallest absolute Gasteiger partial charge is 0.240 e. The Bertz CT molecular complexity index is 770. The second kappa shape index (κ2) is 8.47. The number of nitrogens with one attached hydrogen (secondary N) is 1. The van der Waals surface area contributed by atoms with Gasteiger partial charge in [-0.2, -0.15) is 0 Å². The van der Waals surface area contributed by atoms with E-state index in [1.807, 2.05) is 0 Å². The average Bonchev–Trinajstić information content (AvgIpc) is 2.99. The van der Waals surface area contributed by atoms with Crippen LogP contribution in [0.3, 0.4) is 0 Å². The van der Waals surface area contributed by atoms with Gasteiger partial charge in [-0.1, -0.05) is 0 Å². The van der Waals surface area contributed by atoms with Gasteiger partial charge in [0.25, 0.3) is 0 Å². The Morgan fingerprint density at radius 2 is 1.56 bits per heavy atom. The fourth-order valence-corrected chi connectivity index (χ4v) is 4.38. The Hall–Kier alpha value is -1.81. The van der Waals surface area contributed by atoms with Crippen LogP contribution in [0.15, 0.2) is 29.2 Å². The summed E-state index contributed by atoms with van der Waals surface area (Å²) in [5.74, 6) is -0.504. The van der Waals surface area contributed by atoms with Gasteiger partial charge in [-0.15, -0.1) is 0 Å². The number of likely N-dealkylation sites (N-methyl/N-ethyl adjacent to an activating group) is 1. The number of hydrogen-bond donors (Lipinski definition) is 1. The number of imide groups is 1. The Balaban J connectivity index is 1.51. The van der Waals surface area contributed by atoms with Gasteiger partial charge in [0.05, 0.1) is 10.6 Å². The van der Waals surface area contributed by atoms with Gasteiger partial charge in [-0.25, -0.2) is 13.1 Å². The lowest BCUT2D eigenvalue weighted by Crippen LogP contribution is -2.45. The molecule has 1 N–H and O–H groups in total. The minimum atomic E-state index is -3.60. The third kappa shape index (κ3) is 4.92. The summed E-state index contributed by atoms with van der Waals surface area (Å²) in [6.07, 6.45) is 1.15. The first-order valence-corrected chi connectivity index (χ1v) is 10.7. The van der Waals surface area contributed by atoms with E-state index in [1.54, 1.807) is 0 Å². The summed E-state index contributed by atoms with van der Waals surface area (Å²) in [4.78, 5) is 29.4. The zero-order valence-corrected chi connectivity index (χ0v) is 16.4. The molecule has 27 heavy (non-hydrogen) atoms. The molecule has 0 aliphatic carbocycles. The molecule has 148 valence electrons. The van der Waals surface area contributed by atoms with Crippen molar-refractivity contribution in [2.75, 3.05) is 51.2 Å². The molecular formula is C18H26N4O4S. The maximum absolute atomic E-state index is 12.4. The number of carbonyl (C=O) groups is 2. The number of nitrogens with zero attached hydrogens (tertiary/aromatic N) is 3. The molecular weight excluding hydrogens is 368 g/mol. The standard InChI is InChI=1S/C18H26N4O4S/c1-20-11-13-21(14-12-20)10-2-9-19-27(25,26)16-5-3-15(4-6-16)22-17(23)7-8-18(22)24/h3-6,19H,2,7-14H2,1H3. The van der Waals surface area contributed by atoms with E-state index in [0.717, 1.165) is 44.0 Å². The molecule has 2 amide bonds. The van der Waals surface area contributed by atoms with Gasteiger partial charge in [0.2, 0.25) is 21.8 Å². The van der Waals surface area contributed by atoms with E-state index < -0.39 is 10.0 Å². The van der Waals surface area contributed by atoms with Crippen molar-refractivity contribution in [3.63, 3.8) is 0 Å². The highest BCUT2D eigenvalue weighted by molar-refractivity contribution is 7.89. The number of benzene rings is 1. The molecule has 9 heteroatoms. The Morgan fingerprint density at radius 1 is 0.963 bits per heavy atom. The molecule has 0 aromatic heterocycles. The number of carbonyl (C=O) groups excluding carboxylic acids is 2. The molecule has 1 aromatic rings. The van der Waals surface area contributed by atoms with E-state index in [9.17, 15) is 18.0 Å². The number of hydrogen-bond acceptors (Lipinski definition) is 6. The summed E-state index contributed by atoms with van der Waals surface area (Å²) in [7, 11) is -1.50. The molecule has 0 saturated carbocycles. The van der Waals surface area contributed by atoms with Crippen molar-refractivity contribution in [3.8, 4) is 0 Å². The quantitative estimate of drug-likeness (QED) is 0.527. The highest BCUT2D eigenvalue weighted by atomic mass is 32.2. The van der Waals surface area contributed by atoms with Crippen molar-refractivity contribution in [1.29, 1.82) is 0 Å². The first kappa shape index (κ1) is 19.9. The van der Waals surface area contributed by atoms with E-state index in [2.05, 4.69) is 21.6 Å². The normalized spacial score (nSPS) is 19.8. The molecule has 2 fully saturated rings. The molecule has 2 heterocycles. The van der Waals surface area contributed by atoms with E-state index in [-0.39, 0.29) is 29.6 Å². The van der Waals surface area contributed by atoms with Gasteiger partial charge in [0.1, 0.15) is 0 Å². The van der Waals surface area contributed by atoms with Gasteiger partial charge in [0, 0.05) is 45.6 Å². The maximum Gasteiger partial charge on any atom is 0.240 e. The van der Waals surface area contributed by atoms with Crippen molar-refractivity contribution >= 4 is 27.5 Å². The number of amides is 2. The van der Waals surface area contributed by atoms with E-state index in [0.29, 0.717) is 12.2 Å². The number of piperazine rings is 1. The zero-order chi connectivity index (χ0) is 19.4. The number of rotatable bonds is 7. The molecule has 0 bridgehead atoms. The Labute approximate surface area is 160 Å². The predicted octanol–water partition coefficient (Wildman–Crippen LogP) is 0.256. The van der Waals surface area contributed by atoms with Crippen LogP contribution >= 0.6 is 0 Å². The van der Waals surface area contributed by atoms with Crippen molar-refractivity contribution in [2.24, 2.45) is 0 Å². The Kier molecular flexibility index (Phi) is 6.25. The van der Waals surface area contributed by atoms with Crippen LogP contribution in [-0.2, 0) is 19.6 Å². The van der Waals surface area contributed by atoms with Crippen LogP contribution in [0.2, 0.25) is 0 Å². The molecule has 0 spiro atoms. The second-order valence-electron chi connectivity index (χ2n) is 7.01. The molecule has 0 radical (unpaired) electrons. The van der Waals surface area contributed by atoms with Crippen LogP contribution in [0.1, 0.15) is 19.3 Å². The lowest BCUT2D eigenvalue weighted by Gasteiger charge is -2.32. The van der Waals surface area contributed by atoms with Gasteiger partial charge in [-0.05, 0) is 44.3 Å². The number of anilines is 1.